The Kier molecular flexibility index (Phi) is 3.26. The minimum absolute atomic E-state index is 0.226. The number of aromatic nitrogens is 2. The lowest BCUT2D eigenvalue weighted by Gasteiger charge is -2.26. The molecule has 1 fully saturated rings. The summed E-state index contributed by atoms with van der Waals surface area (Å²) < 4.78 is 32.1. The number of hydrogen-bond donors (Lipinski definition) is 2. The lowest BCUT2D eigenvalue weighted by Crippen LogP contribution is -2.40. The van der Waals surface area contributed by atoms with E-state index in [0.717, 1.165) is 10.9 Å². The van der Waals surface area contributed by atoms with E-state index in [1.54, 1.807) is 30.5 Å². The van der Waals surface area contributed by atoms with Gasteiger partial charge in [0.15, 0.2) is 0 Å². The average molecular weight is 333 g/mol. The van der Waals surface area contributed by atoms with Gasteiger partial charge in [-0.2, -0.15) is 4.31 Å². The van der Waals surface area contributed by atoms with Gasteiger partial charge >= 0.3 is 0 Å². The first-order chi connectivity index (χ1) is 11.1. The van der Waals surface area contributed by atoms with E-state index in [1.807, 2.05) is 0 Å². The molecule has 3 heterocycles. The number of nitrogens with one attached hydrogen (secondary N) is 2. The Hall–Kier alpha value is -2.16. The van der Waals surface area contributed by atoms with Crippen LogP contribution in [-0.4, -0.2) is 49.0 Å². The first-order valence-corrected chi connectivity index (χ1v) is 8.72. The maximum Gasteiger partial charge on any atom is 0.272 e. The van der Waals surface area contributed by atoms with Crippen molar-refractivity contribution < 1.29 is 13.2 Å². The fourth-order valence-electron chi connectivity index (χ4n) is 2.91. The largest absolute Gasteiger partial charge is 0.379 e. The molecule has 120 valence electrons. The SMILES string of the molecule is O=c1[nH]ccc2c1[nH]c1ccc(S(=O)(=O)N3CCOCC3)cc12. The van der Waals surface area contributed by atoms with E-state index in [9.17, 15) is 13.2 Å². The zero-order valence-corrected chi connectivity index (χ0v) is 13.0. The van der Waals surface area contributed by atoms with E-state index in [1.165, 1.54) is 4.31 Å². The highest BCUT2D eigenvalue weighted by molar-refractivity contribution is 7.89. The number of rotatable bonds is 2. The van der Waals surface area contributed by atoms with Crippen LogP contribution in [0.1, 0.15) is 0 Å². The number of H-pyrrole nitrogens is 2. The quantitative estimate of drug-likeness (QED) is 0.732. The number of morpholine rings is 1. The molecule has 2 N–H and O–H groups in total. The van der Waals surface area contributed by atoms with Crippen LogP contribution in [0.4, 0.5) is 0 Å². The number of hydrogen-bond acceptors (Lipinski definition) is 4. The smallest absolute Gasteiger partial charge is 0.272 e. The molecule has 4 rings (SSSR count). The Bertz CT molecular complexity index is 1050. The second-order valence-corrected chi connectivity index (χ2v) is 7.38. The number of ether oxygens (including phenoxy) is 1. The number of benzene rings is 1. The van der Waals surface area contributed by atoms with Crippen LogP contribution < -0.4 is 5.56 Å². The first kappa shape index (κ1) is 14.4. The third-order valence-corrected chi connectivity index (χ3v) is 6.00. The number of pyridine rings is 1. The van der Waals surface area contributed by atoms with Gasteiger partial charge in [-0.15, -0.1) is 0 Å². The molecule has 0 atom stereocenters. The minimum Gasteiger partial charge on any atom is -0.379 e. The molecule has 1 aliphatic rings. The summed E-state index contributed by atoms with van der Waals surface area (Å²) in [4.78, 5) is 17.7. The molecule has 0 unspecified atom stereocenters. The molecule has 8 heteroatoms. The molecule has 0 aliphatic carbocycles. The molecule has 0 bridgehead atoms. The van der Waals surface area contributed by atoms with Crippen LogP contribution in [0.5, 0.6) is 0 Å². The van der Waals surface area contributed by atoms with Crippen LogP contribution in [0.2, 0.25) is 0 Å². The average Bonchev–Trinajstić information content (AvgIpc) is 2.95. The van der Waals surface area contributed by atoms with Crippen LogP contribution >= 0.6 is 0 Å². The van der Waals surface area contributed by atoms with Gasteiger partial charge in [-0.1, -0.05) is 0 Å². The van der Waals surface area contributed by atoms with Crippen LogP contribution in [0, 0.1) is 0 Å². The second kappa shape index (κ2) is 5.19. The van der Waals surface area contributed by atoms with Crippen LogP contribution in [0.15, 0.2) is 40.2 Å². The summed E-state index contributed by atoms with van der Waals surface area (Å²) in [7, 11) is -3.56. The summed E-state index contributed by atoms with van der Waals surface area (Å²) in [6.07, 6.45) is 1.56. The summed E-state index contributed by atoms with van der Waals surface area (Å²) in [5.41, 5.74) is 0.956. The van der Waals surface area contributed by atoms with Crippen molar-refractivity contribution in [3.8, 4) is 0 Å². The molecule has 1 aliphatic heterocycles. The van der Waals surface area contributed by atoms with E-state index in [4.69, 9.17) is 4.74 Å². The van der Waals surface area contributed by atoms with Gasteiger partial charge in [0.2, 0.25) is 10.0 Å². The summed E-state index contributed by atoms with van der Waals surface area (Å²) >= 11 is 0. The molecule has 23 heavy (non-hydrogen) atoms. The molecule has 0 amide bonds. The molecule has 3 aromatic rings. The van der Waals surface area contributed by atoms with Crippen molar-refractivity contribution in [1.29, 1.82) is 0 Å². The Balaban J connectivity index is 1.90. The Morgan fingerprint density at radius 1 is 1.09 bits per heavy atom. The molecule has 7 nitrogen and oxygen atoms in total. The van der Waals surface area contributed by atoms with Crippen molar-refractivity contribution >= 4 is 31.8 Å². The number of sulfonamides is 1. The summed E-state index contributed by atoms with van der Waals surface area (Å²) in [5.74, 6) is 0. The zero-order valence-electron chi connectivity index (χ0n) is 12.2. The van der Waals surface area contributed by atoms with Crippen LogP contribution in [0.25, 0.3) is 21.8 Å². The summed E-state index contributed by atoms with van der Waals surface area (Å²) in [6.45, 7) is 1.52. The van der Waals surface area contributed by atoms with Crippen molar-refractivity contribution in [1.82, 2.24) is 14.3 Å². The molecule has 0 saturated carbocycles. The summed E-state index contributed by atoms with van der Waals surface area (Å²) in [6, 6.07) is 6.65. The maximum absolute atomic E-state index is 12.7. The maximum atomic E-state index is 12.7. The third-order valence-electron chi connectivity index (χ3n) is 4.11. The standard InChI is InChI=1S/C15H15N3O4S/c19-15-14-11(3-4-16-15)12-9-10(1-2-13(12)17-14)23(20,21)18-5-7-22-8-6-18/h1-4,9,17H,5-8H2,(H,16,19). The summed E-state index contributed by atoms with van der Waals surface area (Å²) in [5, 5.41) is 1.43. The van der Waals surface area contributed by atoms with Crippen molar-refractivity contribution in [3.05, 3.63) is 40.8 Å². The van der Waals surface area contributed by atoms with Gasteiger partial charge in [-0.25, -0.2) is 8.42 Å². The van der Waals surface area contributed by atoms with Crippen molar-refractivity contribution in [2.75, 3.05) is 26.3 Å². The Morgan fingerprint density at radius 3 is 2.65 bits per heavy atom. The normalized spacial score (nSPS) is 17.0. The fraction of sp³-hybridized carbons (Fsp3) is 0.267. The van der Waals surface area contributed by atoms with Gasteiger partial charge in [0.05, 0.1) is 18.1 Å². The lowest BCUT2D eigenvalue weighted by atomic mass is 10.2. The van der Waals surface area contributed by atoms with E-state index < -0.39 is 10.0 Å². The third kappa shape index (κ3) is 2.26. The second-order valence-electron chi connectivity index (χ2n) is 5.44. The van der Waals surface area contributed by atoms with Gasteiger partial charge in [0.1, 0.15) is 5.52 Å². The zero-order chi connectivity index (χ0) is 16.0. The van der Waals surface area contributed by atoms with Gasteiger partial charge in [-0.3, -0.25) is 4.79 Å². The van der Waals surface area contributed by atoms with E-state index in [-0.39, 0.29) is 10.5 Å². The van der Waals surface area contributed by atoms with Crippen molar-refractivity contribution in [2.45, 2.75) is 4.90 Å². The highest BCUT2D eigenvalue weighted by Crippen LogP contribution is 2.27. The first-order valence-electron chi connectivity index (χ1n) is 7.28. The molecular formula is C15H15N3O4S. The minimum atomic E-state index is -3.56. The topological polar surface area (TPSA) is 95.3 Å². The van der Waals surface area contributed by atoms with E-state index in [0.29, 0.717) is 37.2 Å². The fourth-order valence-corrected chi connectivity index (χ4v) is 4.35. The van der Waals surface area contributed by atoms with Gasteiger partial charge in [-0.05, 0) is 24.3 Å². The monoisotopic (exact) mass is 333 g/mol. The molecular weight excluding hydrogens is 318 g/mol. The van der Waals surface area contributed by atoms with Gasteiger partial charge < -0.3 is 14.7 Å². The molecule has 1 saturated heterocycles. The van der Waals surface area contributed by atoms with Crippen molar-refractivity contribution in [3.63, 3.8) is 0 Å². The Morgan fingerprint density at radius 2 is 1.87 bits per heavy atom. The molecule has 0 spiro atoms. The number of fused-ring (bicyclic) bond motifs is 3. The molecule has 1 aromatic carbocycles. The van der Waals surface area contributed by atoms with E-state index >= 15 is 0 Å². The van der Waals surface area contributed by atoms with Gasteiger partial charge in [0, 0.05) is 35.6 Å². The highest BCUT2D eigenvalue weighted by atomic mass is 32.2. The highest BCUT2D eigenvalue weighted by Gasteiger charge is 2.26. The lowest BCUT2D eigenvalue weighted by molar-refractivity contribution is 0.0730. The van der Waals surface area contributed by atoms with Gasteiger partial charge in [0.25, 0.3) is 5.56 Å². The van der Waals surface area contributed by atoms with Crippen molar-refractivity contribution in [2.24, 2.45) is 0 Å². The number of aromatic amines is 2. The number of nitrogens with zero attached hydrogens (tertiary/aromatic N) is 1. The van der Waals surface area contributed by atoms with Crippen LogP contribution in [-0.2, 0) is 14.8 Å². The molecule has 2 aromatic heterocycles. The Labute approximate surface area is 131 Å². The van der Waals surface area contributed by atoms with Crippen LogP contribution in [0.3, 0.4) is 0 Å². The predicted octanol–water partition coefficient (Wildman–Crippen LogP) is 1.03. The predicted molar refractivity (Wildman–Crippen MR) is 86.0 cm³/mol. The van der Waals surface area contributed by atoms with E-state index in [2.05, 4.69) is 9.97 Å². The molecule has 0 radical (unpaired) electrons.